The van der Waals surface area contributed by atoms with Crippen LogP contribution in [-0.2, 0) is 0 Å². The third kappa shape index (κ3) is 4.32. The predicted octanol–water partition coefficient (Wildman–Crippen LogP) is 5.74. The first-order valence-electron chi connectivity index (χ1n) is 7.60. The van der Waals surface area contributed by atoms with Gasteiger partial charge in [-0.2, -0.15) is 0 Å². The van der Waals surface area contributed by atoms with Gasteiger partial charge in [-0.1, -0.05) is 33.6 Å². The van der Waals surface area contributed by atoms with E-state index in [-0.39, 0.29) is 17.3 Å². The molecule has 3 aromatic rings. The van der Waals surface area contributed by atoms with Gasteiger partial charge in [0.15, 0.2) is 0 Å². The van der Waals surface area contributed by atoms with E-state index in [2.05, 4.69) is 36.5 Å². The molecule has 0 amide bonds. The first kappa shape index (κ1) is 19.0. The van der Waals surface area contributed by atoms with E-state index in [1.54, 1.807) is 24.3 Å². The number of benzene rings is 2. The van der Waals surface area contributed by atoms with Crippen molar-refractivity contribution in [2.24, 2.45) is 0 Å². The molecule has 2 aromatic carbocycles. The van der Waals surface area contributed by atoms with Crippen molar-refractivity contribution in [1.29, 1.82) is 0 Å². The minimum atomic E-state index is -0.642. The van der Waals surface area contributed by atoms with E-state index in [1.807, 2.05) is 6.92 Å². The number of halogens is 3. The Hall–Kier alpha value is -2.78. The van der Waals surface area contributed by atoms with Gasteiger partial charge >= 0.3 is 5.69 Å². The van der Waals surface area contributed by atoms with Crippen LogP contribution >= 0.6 is 27.5 Å². The smallest absolute Gasteiger partial charge is 0.334 e. The summed E-state index contributed by atoms with van der Waals surface area (Å²) in [6, 6.07) is 9.40. The van der Waals surface area contributed by atoms with Crippen molar-refractivity contribution in [1.82, 2.24) is 9.97 Å². The van der Waals surface area contributed by atoms with Crippen LogP contribution in [-0.4, -0.2) is 14.9 Å². The lowest BCUT2D eigenvalue weighted by molar-refractivity contribution is -0.383. The lowest BCUT2D eigenvalue weighted by atomic mass is 10.2. The molecular weight excluding hydrogens is 441 g/mol. The van der Waals surface area contributed by atoms with Crippen molar-refractivity contribution in [3.05, 3.63) is 73.7 Å². The first-order valence-corrected chi connectivity index (χ1v) is 8.77. The van der Waals surface area contributed by atoms with E-state index in [9.17, 15) is 14.5 Å². The second kappa shape index (κ2) is 7.85. The van der Waals surface area contributed by atoms with Crippen LogP contribution in [0.4, 0.5) is 33.1 Å². The molecule has 0 saturated heterocycles. The van der Waals surface area contributed by atoms with E-state index in [4.69, 9.17) is 11.6 Å². The number of hydrogen-bond donors (Lipinski definition) is 2. The minimum absolute atomic E-state index is 0.0457. The van der Waals surface area contributed by atoms with Gasteiger partial charge in [0, 0.05) is 15.2 Å². The summed E-state index contributed by atoms with van der Waals surface area (Å²) < 4.78 is 14.6. The van der Waals surface area contributed by atoms with Crippen LogP contribution in [0.2, 0.25) is 5.02 Å². The summed E-state index contributed by atoms with van der Waals surface area (Å²) >= 11 is 9.24. The Kier molecular flexibility index (Phi) is 5.52. The summed E-state index contributed by atoms with van der Waals surface area (Å²) in [5.74, 6) is -0.774. The standard InChI is InChI=1S/C17H12BrClFN5O2/c1-9-2-4-11(7-12(9)19)23-16-15(25(26)27)17(22-8-21-16)24-14-5-3-10(18)6-13(14)20/h2-8H,1H3,(H2,21,22,23,24). The maximum absolute atomic E-state index is 14.1. The topological polar surface area (TPSA) is 93.0 Å². The van der Waals surface area contributed by atoms with E-state index < -0.39 is 16.4 Å². The molecule has 0 aliphatic rings. The van der Waals surface area contributed by atoms with Crippen LogP contribution in [0.5, 0.6) is 0 Å². The average molecular weight is 453 g/mol. The number of aromatic nitrogens is 2. The molecule has 0 radical (unpaired) electrons. The highest BCUT2D eigenvalue weighted by atomic mass is 79.9. The number of aryl methyl sites for hydroxylation is 1. The number of anilines is 4. The fraction of sp³-hybridized carbons (Fsp3) is 0.0588. The zero-order chi connectivity index (χ0) is 19.6. The van der Waals surface area contributed by atoms with Gasteiger partial charge in [-0.05, 0) is 42.8 Å². The van der Waals surface area contributed by atoms with Crippen LogP contribution in [0.1, 0.15) is 5.56 Å². The monoisotopic (exact) mass is 451 g/mol. The lowest BCUT2D eigenvalue weighted by Gasteiger charge is -2.11. The van der Waals surface area contributed by atoms with Gasteiger partial charge in [0.25, 0.3) is 0 Å². The lowest BCUT2D eigenvalue weighted by Crippen LogP contribution is -2.06. The molecule has 0 atom stereocenters. The Morgan fingerprint density at radius 1 is 1.15 bits per heavy atom. The van der Waals surface area contributed by atoms with Gasteiger partial charge in [-0.3, -0.25) is 10.1 Å². The van der Waals surface area contributed by atoms with Crippen LogP contribution in [0.3, 0.4) is 0 Å². The molecule has 0 saturated carbocycles. The Morgan fingerprint density at radius 3 is 2.48 bits per heavy atom. The second-order valence-electron chi connectivity index (χ2n) is 5.51. The van der Waals surface area contributed by atoms with Crippen molar-refractivity contribution >= 4 is 56.2 Å². The van der Waals surface area contributed by atoms with E-state index >= 15 is 0 Å². The van der Waals surface area contributed by atoms with Gasteiger partial charge in [0.1, 0.15) is 12.1 Å². The molecule has 0 aliphatic carbocycles. The zero-order valence-corrected chi connectivity index (χ0v) is 16.2. The molecule has 0 spiro atoms. The van der Waals surface area contributed by atoms with Crippen LogP contribution in [0.15, 0.2) is 47.2 Å². The van der Waals surface area contributed by atoms with Crippen molar-refractivity contribution < 1.29 is 9.31 Å². The molecule has 0 aliphatic heterocycles. The van der Waals surface area contributed by atoms with Gasteiger partial charge in [0.05, 0.1) is 10.6 Å². The predicted molar refractivity (Wildman–Crippen MR) is 106 cm³/mol. The fourth-order valence-corrected chi connectivity index (χ4v) is 2.77. The van der Waals surface area contributed by atoms with Gasteiger partial charge in [-0.15, -0.1) is 0 Å². The van der Waals surface area contributed by atoms with Crippen molar-refractivity contribution in [3.8, 4) is 0 Å². The summed E-state index contributed by atoms with van der Waals surface area (Å²) in [4.78, 5) is 18.8. The Bertz CT molecular complexity index is 1030. The maximum atomic E-state index is 14.1. The molecular formula is C17H12BrClFN5O2. The fourth-order valence-electron chi connectivity index (χ4n) is 2.26. The molecule has 1 aromatic heterocycles. The summed E-state index contributed by atoms with van der Waals surface area (Å²) in [5.41, 5.74) is 1.02. The molecule has 10 heteroatoms. The summed E-state index contributed by atoms with van der Waals surface area (Å²) in [5, 5.41) is 17.6. The zero-order valence-electron chi connectivity index (χ0n) is 13.8. The largest absolute Gasteiger partial charge is 0.353 e. The third-order valence-corrected chi connectivity index (χ3v) is 4.52. The molecule has 0 unspecified atom stereocenters. The van der Waals surface area contributed by atoms with Crippen LogP contribution in [0.25, 0.3) is 0 Å². The Morgan fingerprint density at radius 2 is 1.85 bits per heavy atom. The van der Waals surface area contributed by atoms with E-state index in [0.29, 0.717) is 15.2 Å². The second-order valence-corrected chi connectivity index (χ2v) is 6.84. The Labute approximate surface area is 166 Å². The van der Waals surface area contributed by atoms with Gasteiger partial charge < -0.3 is 10.6 Å². The SMILES string of the molecule is Cc1ccc(Nc2ncnc(Nc3ccc(Br)cc3F)c2[N+](=O)[O-])cc1Cl. The van der Waals surface area contributed by atoms with Crippen LogP contribution < -0.4 is 10.6 Å². The summed E-state index contributed by atoms with van der Waals surface area (Å²) in [7, 11) is 0. The quantitative estimate of drug-likeness (QED) is 0.379. The van der Waals surface area contributed by atoms with Gasteiger partial charge in [-0.25, -0.2) is 14.4 Å². The number of nitro groups is 1. The highest BCUT2D eigenvalue weighted by Gasteiger charge is 2.24. The molecule has 3 rings (SSSR count). The maximum Gasteiger partial charge on any atom is 0.353 e. The highest BCUT2D eigenvalue weighted by Crippen LogP contribution is 2.34. The molecule has 7 nitrogen and oxygen atoms in total. The molecule has 1 heterocycles. The molecule has 27 heavy (non-hydrogen) atoms. The third-order valence-electron chi connectivity index (χ3n) is 3.62. The molecule has 2 N–H and O–H groups in total. The van der Waals surface area contributed by atoms with Crippen molar-refractivity contribution in [2.45, 2.75) is 6.92 Å². The number of hydrogen-bond acceptors (Lipinski definition) is 6. The molecule has 0 fully saturated rings. The Balaban J connectivity index is 1.99. The normalized spacial score (nSPS) is 10.5. The number of nitrogens with one attached hydrogen (secondary N) is 2. The van der Waals surface area contributed by atoms with Crippen molar-refractivity contribution in [2.75, 3.05) is 10.6 Å². The number of nitrogens with zero attached hydrogens (tertiary/aromatic N) is 3. The summed E-state index contributed by atoms with van der Waals surface area (Å²) in [6.45, 7) is 1.84. The van der Waals surface area contributed by atoms with Crippen LogP contribution in [0, 0.1) is 22.9 Å². The van der Waals surface area contributed by atoms with Crippen molar-refractivity contribution in [3.63, 3.8) is 0 Å². The van der Waals surface area contributed by atoms with E-state index in [1.165, 1.54) is 12.1 Å². The summed E-state index contributed by atoms with van der Waals surface area (Å²) in [6.07, 6.45) is 1.14. The molecule has 0 bridgehead atoms. The number of rotatable bonds is 5. The molecule has 138 valence electrons. The van der Waals surface area contributed by atoms with Gasteiger partial charge in [0.2, 0.25) is 11.6 Å². The first-order chi connectivity index (χ1) is 12.8. The van der Waals surface area contributed by atoms with E-state index in [0.717, 1.165) is 11.9 Å². The highest BCUT2D eigenvalue weighted by molar-refractivity contribution is 9.10. The average Bonchev–Trinajstić information content (AvgIpc) is 2.60. The minimum Gasteiger partial charge on any atom is -0.334 e.